The standard InChI is InChI=1S/C37H46FN3O4.C33H37FN2O4.C32H38FN3O2.CH3BO/c1-9-25-21-26(44-37(7,8)43-25)17-18-29-32(23-13-15-24(38)16-14-23)28-11-10-12-30-27(34(28)41-33(29)22(2)3)19-20-31(39-30)40-35(42)45-36(4,5)6;1-6-22-18-23(40-33(4,5)39-22)14-15-26-29(20-10-12-21(34)13-11-20)25-8-7-9-27-24(16-17-28(35-27)32(37)38)31(25)36-30(26)19(2)3;1-6-22-18-23(38-32(4,5)37-22)14-15-26-29(20-10-12-21(33)13-11-20)25-8-7-9-27-24(16-17-28(34)35-27)31(25)36-30(26)19(2)3;1-2-3/h13-20,22,25-26H,9-12,21H2,1-8H3,(H,39,40,42);10-17,19,22-23H,6-9,18H2,1-5H3,(H,37,38);10-17,19,22-23H,6-9,18H2,1-5H3,(H2,34,35);1H3/b18-17+;2*15-14+;/t25-,26+;2*22-,23+;/m000./s1. The third kappa shape index (κ3) is 23.4. The number of halogens is 3. The van der Waals surface area contributed by atoms with Gasteiger partial charge in [0.05, 0.1) is 87.9 Å². The van der Waals surface area contributed by atoms with Gasteiger partial charge in [0.15, 0.2) is 17.4 Å². The predicted octanol–water partition coefficient (Wildman–Crippen LogP) is 24.4. The molecule has 0 saturated carbocycles. The maximum absolute atomic E-state index is 14.2. The quantitative estimate of drug-likeness (QED) is 0.0717. The number of anilines is 2. The molecule has 4 N–H and O–H groups in total. The minimum absolute atomic E-state index is 0.0364. The van der Waals surface area contributed by atoms with Gasteiger partial charge in [0.2, 0.25) is 0 Å². The van der Waals surface area contributed by atoms with Crippen molar-refractivity contribution in [2.24, 2.45) is 0 Å². The average Bonchev–Trinajstić information content (AvgIpc) is 1.35. The number of carbonyl (C=O) groups excluding carboxylic acids is 1. The van der Waals surface area contributed by atoms with E-state index >= 15 is 0 Å². The first-order chi connectivity index (χ1) is 59.8. The fraction of sp³-hybridized carbons (Fsp3) is 0.456. The van der Waals surface area contributed by atoms with E-state index in [0.29, 0.717) is 18.1 Å². The molecule has 23 heteroatoms. The van der Waals surface area contributed by atoms with Gasteiger partial charge in [-0.05, 0) is 280 Å². The van der Waals surface area contributed by atoms with Crippen molar-refractivity contribution in [3.8, 4) is 67.2 Å². The fourth-order valence-electron chi connectivity index (χ4n) is 17.8. The second-order valence-electron chi connectivity index (χ2n) is 36.6. The molecule has 3 aromatic carbocycles. The van der Waals surface area contributed by atoms with Gasteiger partial charge in [0.1, 0.15) is 40.4 Å². The Bertz CT molecular complexity index is 5490. The van der Waals surface area contributed by atoms with Crippen LogP contribution in [-0.4, -0.2) is 114 Å². The number of pyridine rings is 6. The molecule has 6 aliphatic rings. The molecule has 0 radical (unpaired) electrons. The molecule has 3 aliphatic carbocycles. The molecule has 3 saturated heterocycles. The number of nitrogen functional groups attached to an aromatic ring is 1. The maximum Gasteiger partial charge on any atom is 0.413 e. The first-order valence-electron chi connectivity index (χ1n) is 44.8. The Morgan fingerprint density at radius 3 is 1.12 bits per heavy atom. The molecule has 3 fully saturated rings. The number of nitrogens with zero attached hydrogens (tertiary/aromatic N) is 6. The SMILES string of the molecule is CB=O.CC[C@H]1C[C@@H](/C=C/c2c(C(C)C)nc3c(c2-c2ccc(F)cc2)CCCc2nc(C(=O)O)ccc2-3)OC(C)(C)O1.CC[C@H]1C[C@@H](/C=C/c2c(C(C)C)nc3c(c2-c2ccc(F)cc2)CCCc2nc(N)ccc2-3)OC(C)(C)O1.CC[C@H]1C[C@@H](/C=C/c2c(C(C)C)nc3c(c2-c2ccc(F)cc2)CCCc2nc(NC(=O)OC(C)(C)C)ccc2-3)OC(C)(C)O1. The van der Waals surface area contributed by atoms with E-state index in [4.69, 9.17) is 63.5 Å². The van der Waals surface area contributed by atoms with Crippen LogP contribution in [0.1, 0.15) is 278 Å². The molecular formula is C103H124BF3N8O11. The summed E-state index contributed by atoms with van der Waals surface area (Å²) < 4.78 is 93.6. The number of fused-ring (bicyclic) bond motifs is 9. The summed E-state index contributed by atoms with van der Waals surface area (Å²) in [6, 6.07) is 31.3. The predicted molar refractivity (Wildman–Crippen MR) is 494 cm³/mol. The monoisotopic (exact) mass is 1720 g/mol. The van der Waals surface area contributed by atoms with Gasteiger partial charge in [-0.15, -0.1) is 0 Å². The number of amides is 1. The number of rotatable bonds is 17. The smallest absolute Gasteiger partial charge is 0.413 e. The van der Waals surface area contributed by atoms with Gasteiger partial charge < -0.3 is 44.0 Å². The van der Waals surface area contributed by atoms with E-state index in [0.717, 1.165) is 226 Å². The molecule has 666 valence electrons. The number of carbonyl (C=O) groups is 2. The number of ether oxygens (including phenoxy) is 7. The second kappa shape index (κ2) is 40.8. The molecular weight excluding hydrogens is 1590 g/mol. The van der Waals surface area contributed by atoms with Crippen molar-refractivity contribution in [3.63, 3.8) is 0 Å². The summed E-state index contributed by atoms with van der Waals surface area (Å²) in [5, 5.41) is 12.3. The molecule has 6 atom stereocenters. The Labute approximate surface area is 742 Å². The third-order valence-corrected chi connectivity index (χ3v) is 23.2. The zero-order valence-electron chi connectivity index (χ0n) is 76.7. The van der Waals surface area contributed by atoms with E-state index < -0.39 is 35.0 Å². The van der Waals surface area contributed by atoms with Crippen molar-refractivity contribution in [1.29, 1.82) is 0 Å². The van der Waals surface area contributed by atoms with Crippen LogP contribution in [0.3, 0.4) is 0 Å². The summed E-state index contributed by atoms with van der Waals surface area (Å²) in [6.07, 6.45) is 24.7. The molecule has 9 aromatic rings. The number of aryl methyl sites for hydroxylation is 3. The van der Waals surface area contributed by atoms with Crippen LogP contribution >= 0.6 is 0 Å². The van der Waals surface area contributed by atoms with Crippen molar-refractivity contribution in [1.82, 2.24) is 29.9 Å². The Hall–Kier alpha value is -10.3. The van der Waals surface area contributed by atoms with Crippen LogP contribution in [0.25, 0.3) is 85.4 Å². The third-order valence-electron chi connectivity index (χ3n) is 23.2. The van der Waals surface area contributed by atoms with Gasteiger partial charge in [-0.25, -0.2) is 37.7 Å². The van der Waals surface area contributed by atoms with Crippen LogP contribution in [0.15, 0.2) is 127 Å². The zero-order valence-corrected chi connectivity index (χ0v) is 76.7. The summed E-state index contributed by atoms with van der Waals surface area (Å²) in [7, 11) is 0.750. The molecule has 9 heterocycles. The second-order valence-corrected chi connectivity index (χ2v) is 36.6. The Kier molecular flexibility index (Phi) is 30.7. The van der Waals surface area contributed by atoms with E-state index in [1.54, 1.807) is 12.1 Å². The topological polar surface area (TPSA) is 251 Å². The van der Waals surface area contributed by atoms with Crippen LogP contribution < -0.4 is 11.1 Å². The number of hydrogen-bond donors (Lipinski definition) is 3. The summed E-state index contributed by atoms with van der Waals surface area (Å²) in [6.45, 7) is 38.0. The number of aromatic nitrogens is 6. The van der Waals surface area contributed by atoms with Crippen molar-refractivity contribution in [2.75, 3.05) is 11.1 Å². The summed E-state index contributed by atoms with van der Waals surface area (Å²) in [5.41, 5.74) is 28.9. The molecule has 0 bridgehead atoms. The summed E-state index contributed by atoms with van der Waals surface area (Å²) in [4.78, 5) is 53.9. The van der Waals surface area contributed by atoms with Gasteiger partial charge in [0.25, 0.3) is 0 Å². The van der Waals surface area contributed by atoms with Crippen molar-refractivity contribution in [2.45, 2.75) is 305 Å². The molecule has 0 spiro atoms. The van der Waals surface area contributed by atoms with Crippen LogP contribution in [0.2, 0.25) is 6.82 Å². The number of benzene rings is 3. The van der Waals surface area contributed by atoms with Crippen molar-refractivity contribution in [3.05, 3.63) is 218 Å². The number of carboxylic acids is 1. The maximum atomic E-state index is 14.2. The van der Waals surface area contributed by atoms with Gasteiger partial charge in [-0.1, -0.05) is 135 Å². The van der Waals surface area contributed by atoms with E-state index in [-0.39, 0.29) is 77.5 Å². The van der Waals surface area contributed by atoms with Gasteiger partial charge in [-0.2, -0.15) is 0 Å². The molecule has 3 aliphatic heterocycles. The first-order valence-corrected chi connectivity index (χ1v) is 44.8. The average molecular weight is 1720 g/mol. The number of aromatic carboxylic acids is 1. The van der Waals surface area contributed by atoms with Gasteiger partial charge in [-0.3, -0.25) is 20.3 Å². The molecule has 19 nitrogen and oxygen atoms in total. The van der Waals surface area contributed by atoms with E-state index in [1.165, 1.54) is 48.8 Å². The Balaban J connectivity index is 0.000000170. The molecule has 6 aromatic heterocycles. The van der Waals surface area contributed by atoms with Crippen LogP contribution in [0, 0.1) is 17.5 Å². The van der Waals surface area contributed by atoms with Crippen LogP contribution in [-0.2, 0) is 76.4 Å². The van der Waals surface area contributed by atoms with Crippen molar-refractivity contribution < 1.29 is 65.7 Å². The Morgan fingerprint density at radius 2 is 0.802 bits per heavy atom. The Morgan fingerprint density at radius 1 is 0.484 bits per heavy atom. The van der Waals surface area contributed by atoms with Gasteiger partial charge >= 0.3 is 30.7 Å². The molecule has 126 heavy (non-hydrogen) atoms. The van der Waals surface area contributed by atoms with Gasteiger partial charge in [0, 0.05) is 52.6 Å². The summed E-state index contributed by atoms with van der Waals surface area (Å²) in [5.74, 6) is -2.49. The number of carboxylic acid groups (broad SMARTS) is 1. The van der Waals surface area contributed by atoms with Crippen molar-refractivity contribution >= 4 is 49.1 Å². The minimum atomic E-state index is -1.04. The van der Waals surface area contributed by atoms with E-state index in [2.05, 4.69) is 114 Å². The number of nitrogens with two attached hydrogens (primary N) is 1. The molecule has 0 unspecified atom stereocenters. The largest absolute Gasteiger partial charge is 0.477 e. The number of nitrogens with one attached hydrogen (secondary N) is 1. The molecule has 1 amide bonds. The van der Waals surface area contributed by atoms with Crippen LogP contribution in [0.5, 0.6) is 0 Å². The fourth-order valence-corrected chi connectivity index (χ4v) is 17.8. The first kappa shape index (κ1) is 94.9. The van der Waals surface area contributed by atoms with E-state index in [9.17, 15) is 27.9 Å². The van der Waals surface area contributed by atoms with E-state index in [1.807, 2.05) is 123 Å². The minimum Gasteiger partial charge on any atom is -0.477 e. The zero-order chi connectivity index (χ0) is 90.9. The number of hydrogen-bond acceptors (Lipinski definition) is 17. The summed E-state index contributed by atoms with van der Waals surface area (Å²) >= 11 is 0. The molecule has 15 rings (SSSR count). The van der Waals surface area contributed by atoms with Crippen LogP contribution in [0.4, 0.5) is 29.6 Å². The normalized spacial score (nSPS) is 19.8.